The fourth-order valence-corrected chi connectivity index (χ4v) is 6.62. The van der Waals surface area contributed by atoms with Gasteiger partial charge in [-0.15, -0.1) is 11.3 Å². The van der Waals surface area contributed by atoms with E-state index in [0.29, 0.717) is 36.8 Å². The van der Waals surface area contributed by atoms with Gasteiger partial charge in [-0.25, -0.2) is 8.42 Å². The Hall–Kier alpha value is -2.16. The van der Waals surface area contributed by atoms with E-state index in [1.54, 1.807) is 10.4 Å². The third kappa shape index (κ3) is 3.84. The number of nitrogens with zero attached hydrogens (tertiary/aromatic N) is 3. The SMILES string of the molecule is Cc1ccc(C)c(N2CCN(S(=O)(=O)c3cc(-c4cc(C)no4)sc3C)CC2)c1. The molecule has 29 heavy (non-hydrogen) atoms. The molecule has 0 aliphatic carbocycles. The molecule has 0 spiro atoms. The van der Waals surface area contributed by atoms with Gasteiger partial charge in [-0.05, 0) is 51.0 Å². The van der Waals surface area contributed by atoms with Crippen LogP contribution in [-0.4, -0.2) is 44.1 Å². The summed E-state index contributed by atoms with van der Waals surface area (Å²) in [5.41, 5.74) is 4.40. The molecule has 154 valence electrons. The van der Waals surface area contributed by atoms with Crippen molar-refractivity contribution >= 4 is 27.0 Å². The number of hydrogen-bond acceptors (Lipinski definition) is 6. The van der Waals surface area contributed by atoms with E-state index < -0.39 is 10.0 Å². The fourth-order valence-electron chi connectivity index (χ4n) is 3.69. The number of benzene rings is 1. The van der Waals surface area contributed by atoms with Crippen LogP contribution in [-0.2, 0) is 10.0 Å². The molecule has 1 aromatic carbocycles. The number of aromatic nitrogens is 1. The molecule has 1 saturated heterocycles. The molecule has 1 aliphatic rings. The van der Waals surface area contributed by atoms with Gasteiger partial charge in [-0.3, -0.25) is 0 Å². The molecule has 0 amide bonds. The van der Waals surface area contributed by atoms with Gasteiger partial charge in [-0.1, -0.05) is 17.3 Å². The van der Waals surface area contributed by atoms with Crippen LogP contribution in [0.4, 0.5) is 5.69 Å². The third-order valence-corrected chi connectivity index (χ3v) is 8.52. The molecule has 6 nitrogen and oxygen atoms in total. The topological polar surface area (TPSA) is 66.7 Å². The summed E-state index contributed by atoms with van der Waals surface area (Å²) in [6.45, 7) is 10.2. The predicted octanol–water partition coefficient (Wildman–Crippen LogP) is 4.15. The first-order chi connectivity index (χ1) is 13.8. The maximum atomic E-state index is 13.3. The summed E-state index contributed by atoms with van der Waals surface area (Å²) in [6, 6.07) is 9.94. The van der Waals surface area contributed by atoms with E-state index in [0.717, 1.165) is 15.4 Å². The number of piperazine rings is 1. The van der Waals surface area contributed by atoms with Crippen LogP contribution >= 0.6 is 11.3 Å². The van der Waals surface area contributed by atoms with Crippen molar-refractivity contribution in [1.29, 1.82) is 0 Å². The molecule has 0 radical (unpaired) electrons. The monoisotopic (exact) mass is 431 g/mol. The molecule has 8 heteroatoms. The van der Waals surface area contributed by atoms with Crippen LogP contribution in [0.1, 0.15) is 21.7 Å². The first-order valence-corrected chi connectivity index (χ1v) is 11.9. The predicted molar refractivity (Wildman–Crippen MR) is 116 cm³/mol. The number of thiophene rings is 1. The lowest BCUT2D eigenvalue weighted by molar-refractivity contribution is 0.384. The summed E-state index contributed by atoms with van der Waals surface area (Å²) in [5, 5.41) is 3.90. The molecule has 0 unspecified atom stereocenters. The van der Waals surface area contributed by atoms with E-state index >= 15 is 0 Å². The van der Waals surface area contributed by atoms with Crippen molar-refractivity contribution in [3.63, 3.8) is 0 Å². The molecule has 2 aromatic heterocycles. The van der Waals surface area contributed by atoms with E-state index in [-0.39, 0.29) is 0 Å². The second-order valence-corrected chi connectivity index (χ2v) is 10.7. The second-order valence-electron chi connectivity index (χ2n) is 7.54. The molecule has 0 atom stereocenters. The molecule has 1 fully saturated rings. The Morgan fingerprint density at radius 2 is 1.72 bits per heavy atom. The van der Waals surface area contributed by atoms with Crippen molar-refractivity contribution in [2.24, 2.45) is 0 Å². The molecule has 0 bridgehead atoms. The van der Waals surface area contributed by atoms with Gasteiger partial charge < -0.3 is 9.42 Å². The Balaban J connectivity index is 1.54. The molecule has 0 saturated carbocycles. The maximum absolute atomic E-state index is 13.3. The zero-order valence-electron chi connectivity index (χ0n) is 17.1. The Labute approximate surface area is 175 Å². The minimum atomic E-state index is -3.54. The minimum absolute atomic E-state index is 0.367. The molecule has 3 heterocycles. The fraction of sp³-hybridized carbons (Fsp3) is 0.381. The van der Waals surface area contributed by atoms with E-state index in [1.807, 2.05) is 19.9 Å². The number of aryl methyl sites for hydroxylation is 4. The molecule has 0 N–H and O–H groups in total. The minimum Gasteiger partial charge on any atom is -0.369 e. The summed E-state index contributed by atoms with van der Waals surface area (Å²) in [4.78, 5) is 4.20. The van der Waals surface area contributed by atoms with Gasteiger partial charge >= 0.3 is 0 Å². The Kier molecular flexibility index (Phi) is 5.27. The summed E-state index contributed by atoms with van der Waals surface area (Å²) < 4.78 is 33.5. The van der Waals surface area contributed by atoms with E-state index in [1.165, 1.54) is 28.2 Å². The van der Waals surface area contributed by atoms with Gasteiger partial charge in [0.2, 0.25) is 10.0 Å². The van der Waals surface area contributed by atoms with Gasteiger partial charge in [-0.2, -0.15) is 4.31 Å². The van der Waals surface area contributed by atoms with Crippen LogP contribution in [0.2, 0.25) is 0 Å². The van der Waals surface area contributed by atoms with Crippen molar-refractivity contribution in [3.05, 3.63) is 52.0 Å². The zero-order valence-corrected chi connectivity index (χ0v) is 18.7. The van der Waals surface area contributed by atoms with Crippen LogP contribution < -0.4 is 4.90 Å². The third-order valence-electron chi connectivity index (χ3n) is 5.30. The van der Waals surface area contributed by atoms with Gasteiger partial charge in [0.1, 0.15) is 0 Å². The highest BCUT2D eigenvalue weighted by atomic mass is 32.2. The number of rotatable bonds is 4. The van der Waals surface area contributed by atoms with Gasteiger partial charge in [0.25, 0.3) is 0 Å². The average Bonchev–Trinajstić information content (AvgIpc) is 3.30. The molecule has 3 aromatic rings. The normalized spacial score (nSPS) is 15.8. The highest BCUT2D eigenvalue weighted by molar-refractivity contribution is 7.89. The highest BCUT2D eigenvalue weighted by Gasteiger charge is 2.31. The highest BCUT2D eigenvalue weighted by Crippen LogP contribution is 2.35. The zero-order chi connectivity index (χ0) is 20.8. The standard InChI is InChI=1S/C21H25N3O3S2/c1-14-5-6-15(2)18(11-14)23-7-9-24(10-8-23)29(25,26)21-13-20(28-17(21)4)19-12-16(3)22-27-19/h5-6,11-13H,7-10H2,1-4H3. The lowest BCUT2D eigenvalue weighted by atomic mass is 10.1. The van der Waals surface area contributed by atoms with Gasteiger partial charge in [0.05, 0.1) is 15.5 Å². The first-order valence-electron chi connectivity index (χ1n) is 9.62. The van der Waals surface area contributed by atoms with Crippen LogP contribution in [0.3, 0.4) is 0 Å². The van der Waals surface area contributed by atoms with Crippen molar-refractivity contribution in [2.75, 3.05) is 31.1 Å². The van der Waals surface area contributed by atoms with Crippen LogP contribution in [0.5, 0.6) is 0 Å². The van der Waals surface area contributed by atoms with Crippen LogP contribution in [0, 0.1) is 27.7 Å². The molecule has 1 aliphatic heterocycles. The van der Waals surface area contributed by atoms with Crippen molar-refractivity contribution in [1.82, 2.24) is 9.46 Å². The quantitative estimate of drug-likeness (QED) is 0.621. The Morgan fingerprint density at radius 3 is 2.38 bits per heavy atom. The summed E-state index contributed by atoms with van der Waals surface area (Å²) in [6.07, 6.45) is 0. The number of anilines is 1. The molecule has 4 rings (SSSR count). The lowest BCUT2D eigenvalue weighted by Crippen LogP contribution is -2.48. The Morgan fingerprint density at radius 1 is 1.00 bits per heavy atom. The van der Waals surface area contributed by atoms with Crippen molar-refractivity contribution < 1.29 is 12.9 Å². The van der Waals surface area contributed by atoms with Gasteiger partial charge in [0, 0.05) is 42.8 Å². The van der Waals surface area contributed by atoms with Crippen LogP contribution in [0.15, 0.2) is 39.8 Å². The first kappa shape index (κ1) is 20.1. The summed E-state index contributed by atoms with van der Waals surface area (Å²) in [5.74, 6) is 0.608. The average molecular weight is 432 g/mol. The lowest BCUT2D eigenvalue weighted by Gasteiger charge is -2.36. The summed E-state index contributed by atoms with van der Waals surface area (Å²) in [7, 11) is -3.54. The summed E-state index contributed by atoms with van der Waals surface area (Å²) >= 11 is 1.42. The largest absolute Gasteiger partial charge is 0.369 e. The smallest absolute Gasteiger partial charge is 0.244 e. The molecular weight excluding hydrogens is 406 g/mol. The van der Waals surface area contributed by atoms with Crippen molar-refractivity contribution in [2.45, 2.75) is 32.6 Å². The van der Waals surface area contributed by atoms with Crippen LogP contribution in [0.25, 0.3) is 10.6 Å². The maximum Gasteiger partial charge on any atom is 0.244 e. The Bertz CT molecular complexity index is 1140. The second kappa shape index (κ2) is 7.59. The number of sulfonamides is 1. The van der Waals surface area contributed by atoms with Crippen molar-refractivity contribution in [3.8, 4) is 10.6 Å². The van der Waals surface area contributed by atoms with E-state index in [2.05, 4.69) is 42.1 Å². The van der Waals surface area contributed by atoms with E-state index in [9.17, 15) is 8.42 Å². The number of hydrogen-bond donors (Lipinski definition) is 0. The molecular formula is C21H25N3O3S2. The van der Waals surface area contributed by atoms with Gasteiger partial charge in [0.15, 0.2) is 5.76 Å². The van der Waals surface area contributed by atoms with E-state index in [4.69, 9.17) is 4.52 Å².